The lowest BCUT2D eigenvalue weighted by molar-refractivity contribution is -0.941. The Hall–Kier alpha value is -2.35. The van der Waals surface area contributed by atoms with Crippen LogP contribution in [0.5, 0.6) is 0 Å². The van der Waals surface area contributed by atoms with Crippen molar-refractivity contribution in [3.8, 4) is 11.4 Å². The first kappa shape index (κ1) is 17.7. The Bertz CT molecular complexity index is 1140. The summed E-state index contributed by atoms with van der Waals surface area (Å²) in [5.74, 6) is 0.917. The minimum atomic E-state index is 0.418. The molecule has 1 unspecified atom stereocenters. The van der Waals surface area contributed by atoms with Gasteiger partial charge in [0.1, 0.15) is 6.04 Å². The zero-order valence-corrected chi connectivity index (χ0v) is 17.3. The number of hydrogen-bond donors (Lipinski definition) is 1. The summed E-state index contributed by atoms with van der Waals surface area (Å²) in [6.07, 6.45) is 2.38. The average molecular weight is 409 g/mol. The maximum Gasteiger partial charge on any atom is 0.202 e. The number of para-hydroxylation sites is 1. The van der Waals surface area contributed by atoms with Crippen molar-refractivity contribution in [2.75, 3.05) is 6.54 Å². The van der Waals surface area contributed by atoms with E-state index >= 15 is 0 Å². The molecular weight excluding hydrogens is 386 g/mol. The van der Waals surface area contributed by atoms with Gasteiger partial charge in [-0.3, -0.25) is 0 Å². The van der Waals surface area contributed by atoms with E-state index in [-0.39, 0.29) is 0 Å². The lowest BCUT2D eigenvalue weighted by atomic mass is 10.2. The Balaban J connectivity index is 1.45. The molecule has 0 radical (unpaired) electrons. The normalized spacial score (nSPS) is 19.5. The van der Waals surface area contributed by atoms with Crippen LogP contribution in [0, 0.1) is 4.77 Å². The molecule has 7 heteroatoms. The molecule has 28 heavy (non-hydrogen) atoms. The highest BCUT2D eigenvalue weighted by Crippen LogP contribution is 2.28. The lowest BCUT2D eigenvalue weighted by Gasteiger charge is -2.19. The molecule has 0 saturated carbocycles. The van der Waals surface area contributed by atoms with Crippen LogP contribution >= 0.6 is 23.6 Å². The zero-order chi connectivity index (χ0) is 19.1. The van der Waals surface area contributed by atoms with Crippen LogP contribution in [-0.2, 0) is 13.7 Å². The van der Waals surface area contributed by atoms with Crippen LogP contribution < -0.4 is 4.90 Å². The minimum Gasteiger partial charge on any atom is -0.308 e. The Labute approximate surface area is 172 Å². The molecule has 142 valence electrons. The molecule has 1 aliphatic heterocycles. The number of nitrogens with zero attached hydrogens (tertiary/aromatic N) is 4. The van der Waals surface area contributed by atoms with Gasteiger partial charge in [-0.2, -0.15) is 4.68 Å². The number of aromatic nitrogens is 4. The predicted molar refractivity (Wildman–Crippen MR) is 115 cm³/mol. The second-order valence-corrected chi connectivity index (χ2v) is 8.74. The monoisotopic (exact) mass is 408 g/mol. The highest BCUT2D eigenvalue weighted by molar-refractivity contribution is 7.71. The Morgan fingerprint density at radius 2 is 1.93 bits per heavy atom. The van der Waals surface area contributed by atoms with E-state index in [1.165, 1.54) is 27.4 Å². The van der Waals surface area contributed by atoms with Crippen LogP contribution in [0.25, 0.3) is 21.6 Å². The summed E-state index contributed by atoms with van der Waals surface area (Å²) in [6, 6.07) is 19.1. The van der Waals surface area contributed by atoms with Gasteiger partial charge in [-0.15, -0.1) is 16.4 Å². The largest absolute Gasteiger partial charge is 0.308 e. The fourth-order valence-corrected chi connectivity index (χ4v) is 5.41. The van der Waals surface area contributed by atoms with E-state index in [1.54, 1.807) is 0 Å². The van der Waals surface area contributed by atoms with Gasteiger partial charge in [0.2, 0.25) is 4.77 Å². The van der Waals surface area contributed by atoms with Crippen LogP contribution in [0.3, 0.4) is 0 Å². The van der Waals surface area contributed by atoms with Crippen molar-refractivity contribution < 1.29 is 4.90 Å². The van der Waals surface area contributed by atoms with Crippen LogP contribution in [0.1, 0.15) is 23.9 Å². The molecule has 0 amide bonds. The van der Waals surface area contributed by atoms with Crippen LogP contribution in [-0.4, -0.2) is 25.9 Å². The van der Waals surface area contributed by atoms with Gasteiger partial charge in [0, 0.05) is 25.5 Å². The van der Waals surface area contributed by atoms with Gasteiger partial charge in [-0.25, -0.2) is 4.98 Å². The van der Waals surface area contributed by atoms with E-state index < -0.39 is 0 Å². The summed E-state index contributed by atoms with van der Waals surface area (Å²) in [4.78, 5) is 6.41. The van der Waals surface area contributed by atoms with Crippen molar-refractivity contribution >= 4 is 33.8 Å². The maximum absolute atomic E-state index is 5.69. The Morgan fingerprint density at radius 3 is 2.75 bits per heavy atom. The molecule has 1 saturated heterocycles. The van der Waals surface area contributed by atoms with Gasteiger partial charge >= 0.3 is 0 Å². The second-order valence-electron chi connectivity index (χ2n) is 7.31. The average Bonchev–Trinajstić information content (AvgIpc) is 3.42. The van der Waals surface area contributed by atoms with Crippen molar-refractivity contribution in [2.45, 2.75) is 25.6 Å². The van der Waals surface area contributed by atoms with Crippen molar-refractivity contribution in [1.82, 2.24) is 19.3 Å². The molecule has 0 spiro atoms. The molecule has 2 atom stereocenters. The molecule has 1 aliphatic rings. The molecule has 2 aromatic heterocycles. The van der Waals surface area contributed by atoms with E-state index in [0.717, 1.165) is 34.9 Å². The summed E-state index contributed by atoms with van der Waals surface area (Å²) in [7, 11) is 2.00. The Morgan fingerprint density at radius 1 is 1.14 bits per heavy atom. The molecule has 0 aliphatic carbocycles. The molecule has 1 N–H and O–H groups in total. The summed E-state index contributed by atoms with van der Waals surface area (Å²) in [6.45, 7) is 1.90. The number of nitrogens with one attached hydrogen (secondary N) is 1. The molecule has 1 fully saturated rings. The minimum absolute atomic E-state index is 0.418. The highest BCUT2D eigenvalue weighted by atomic mass is 32.1. The molecule has 4 aromatic rings. The number of hydrogen-bond acceptors (Lipinski definition) is 4. The lowest BCUT2D eigenvalue weighted by Crippen LogP contribution is -3.09. The van der Waals surface area contributed by atoms with Crippen LogP contribution in [0.2, 0.25) is 0 Å². The van der Waals surface area contributed by atoms with E-state index in [4.69, 9.17) is 22.3 Å². The standard InChI is InChI=1S/C21H21N5S2/c1-24-19(15-8-3-2-4-9-15)23-26(21(24)27)14-25-13-7-11-17(25)20-22-16-10-5-6-12-18(16)28-20/h2-6,8-10,12,17H,7,11,13-14H2,1H3/p+1/t17-/m1/s1. The molecule has 0 bridgehead atoms. The molecule has 2 aromatic carbocycles. The third kappa shape index (κ3) is 3.09. The highest BCUT2D eigenvalue weighted by Gasteiger charge is 2.33. The van der Waals surface area contributed by atoms with Gasteiger partial charge in [0.25, 0.3) is 0 Å². The Kier molecular flexibility index (Phi) is 4.58. The molecule has 5 rings (SSSR count). The number of quaternary nitrogens is 1. The van der Waals surface area contributed by atoms with Gasteiger partial charge in [0.05, 0.1) is 16.8 Å². The first-order chi connectivity index (χ1) is 13.7. The van der Waals surface area contributed by atoms with Crippen molar-refractivity contribution in [2.24, 2.45) is 7.05 Å². The smallest absolute Gasteiger partial charge is 0.202 e. The molecular formula is C21H22N5S2+. The number of likely N-dealkylation sites (tertiary alicyclic amines) is 1. The summed E-state index contributed by atoms with van der Waals surface area (Å²) in [5.41, 5.74) is 2.20. The summed E-state index contributed by atoms with van der Waals surface area (Å²) < 4.78 is 6.02. The van der Waals surface area contributed by atoms with Crippen LogP contribution in [0.4, 0.5) is 0 Å². The third-order valence-corrected chi connectivity index (χ3v) is 7.15. The van der Waals surface area contributed by atoms with Crippen LogP contribution in [0.15, 0.2) is 54.6 Å². The van der Waals surface area contributed by atoms with Gasteiger partial charge in [0.15, 0.2) is 17.5 Å². The van der Waals surface area contributed by atoms with Gasteiger partial charge in [-0.05, 0) is 24.4 Å². The maximum atomic E-state index is 5.69. The van der Waals surface area contributed by atoms with E-state index in [2.05, 4.69) is 36.4 Å². The fourth-order valence-electron chi connectivity index (χ4n) is 4.06. The molecule has 5 nitrogen and oxygen atoms in total. The fraction of sp³-hybridized carbons (Fsp3) is 0.286. The first-order valence-electron chi connectivity index (χ1n) is 9.60. The van der Waals surface area contributed by atoms with Crippen molar-refractivity contribution in [3.05, 3.63) is 64.4 Å². The summed E-state index contributed by atoms with van der Waals surface area (Å²) in [5, 5.41) is 6.09. The summed E-state index contributed by atoms with van der Waals surface area (Å²) >= 11 is 7.52. The van der Waals surface area contributed by atoms with Crippen molar-refractivity contribution in [3.63, 3.8) is 0 Å². The van der Waals surface area contributed by atoms with Crippen molar-refractivity contribution in [1.29, 1.82) is 0 Å². The predicted octanol–water partition coefficient (Wildman–Crippen LogP) is 3.61. The number of benzene rings is 2. The molecule has 3 heterocycles. The topological polar surface area (TPSA) is 40.1 Å². The van der Waals surface area contributed by atoms with Gasteiger partial charge in [-0.1, -0.05) is 42.5 Å². The number of fused-ring (bicyclic) bond motifs is 1. The van der Waals surface area contributed by atoms with E-state index in [1.807, 2.05) is 45.8 Å². The third-order valence-electron chi connectivity index (χ3n) is 5.52. The quantitative estimate of drug-likeness (QED) is 0.525. The number of thiazole rings is 1. The van der Waals surface area contributed by atoms with Gasteiger partial charge < -0.3 is 9.47 Å². The van der Waals surface area contributed by atoms with E-state index in [9.17, 15) is 0 Å². The number of rotatable bonds is 4. The SMILES string of the molecule is Cn1c(-c2ccccc2)nn(C[NH+]2CCC[C@@H]2c2nc3ccccc3s2)c1=S. The first-order valence-corrected chi connectivity index (χ1v) is 10.8. The van der Waals surface area contributed by atoms with E-state index in [0.29, 0.717) is 6.04 Å². The zero-order valence-electron chi connectivity index (χ0n) is 15.7. The second kappa shape index (κ2) is 7.24.